The van der Waals surface area contributed by atoms with E-state index in [1.54, 1.807) is 0 Å². The van der Waals surface area contributed by atoms with Gasteiger partial charge in [0.25, 0.3) is 0 Å². The Morgan fingerprint density at radius 2 is 1.90 bits per heavy atom. The fourth-order valence-corrected chi connectivity index (χ4v) is 5.28. The Bertz CT molecular complexity index is 928. The highest BCUT2D eigenvalue weighted by Gasteiger charge is 2.33. The van der Waals surface area contributed by atoms with E-state index in [1.807, 2.05) is 6.07 Å². The number of aryl methyl sites for hydroxylation is 1. The van der Waals surface area contributed by atoms with Crippen LogP contribution in [0.1, 0.15) is 54.5 Å². The Balaban J connectivity index is 1.30. The second kappa shape index (κ2) is 8.31. The number of carbonyl (C=O) groups excluding carboxylic acids is 1. The van der Waals surface area contributed by atoms with Gasteiger partial charge < -0.3 is 14.4 Å². The third-order valence-corrected chi connectivity index (χ3v) is 6.78. The van der Waals surface area contributed by atoms with Crippen molar-refractivity contribution in [3.8, 4) is 11.5 Å². The summed E-state index contributed by atoms with van der Waals surface area (Å²) in [6, 6.07) is 15.3. The monoisotopic (exact) mass is 406 g/mol. The summed E-state index contributed by atoms with van der Waals surface area (Å²) >= 11 is 0. The zero-order chi connectivity index (χ0) is 20.5. The number of likely N-dealkylation sites (tertiary alicyclic amines) is 1. The molecule has 3 aliphatic rings. The lowest BCUT2D eigenvalue weighted by molar-refractivity contribution is -0.133. The van der Waals surface area contributed by atoms with Gasteiger partial charge in [0, 0.05) is 12.6 Å². The SMILES string of the molecule is CN(CC(=O)N1CCC[C@@H]1c1ccc2c(c1)OCCO2)[C@H]1CCCc2ccccc21. The van der Waals surface area contributed by atoms with Crippen molar-refractivity contribution in [2.24, 2.45) is 0 Å². The van der Waals surface area contributed by atoms with E-state index >= 15 is 0 Å². The quantitative estimate of drug-likeness (QED) is 0.766. The summed E-state index contributed by atoms with van der Waals surface area (Å²) in [7, 11) is 2.10. The molecular weight excluding hydrogens is 376 g/mol. The van der Waals surface area contributed by atoms with Crippen molar-refractivity contribution < 1.29 is 14.3 Å². The molecule has 2 aromatic rings. The lowest BCUT2D eigenvalue weighted by Crippen LogP contribution is -2.40. The number of hydrogen-bond donors (Lipinski definition) is 0. The van der Waals surface area contributed by atoms with Gasteiger partial charge in [-0.05, 0) is 68.0 Å². The molecule has 0 saturated carbocycles. The minimum Gasteiger partial charge on any atom is -0.486 e. The molecule has 5 nitrogen and oxygen atoms in total. The molecule has 30 heavy (non-hydrogen) atoms. The summed E-state index contributed by atoms with van der Waals surface area (Å²) in [5, 5.41) is 0. The summed E-state index contributed by atoms with van der Waals surface area (Å²) in [5.41, 5.74) is 3.97. The highest BCUT2D eigenvalue weighted by atomic mass is 16.6. The molecule has 0 N–H and O–H groups in total. The Labute approximate surface area is 178 Å². The largest absolute Gasteiger partial charge is 0.486 e. The zero-order valence-corrected chi connectivity index (χ0v) is 17.7. The van der Waals surface area contributed by atoms with Gasteiger partial charge in [0.15, 0.2) is 11.5 Å². The predicted molar refractivity (Wildman–Crippen MR) is 116 cm³/mol. The molecule has 1 amide bonds. The van der Waals surface area contributed by atoms with E-state index in [9.17, 15) is 4.79 Å². The minimum atomic E-state index is 0.125. The van der Waals surface area contributed by atoms with Crippen molar-refractivity contribution in [3.05, 3.63) is 59.2 Å². The van der Waals surface area contributed by atoms with Crippen molar-refractivity contribution in [3.63, 3.8) is 0 Å². The number of likely N-dealkylation sites (N-methyl/N-ethyl adjacent to an activating group) is 1. The first kappa shape index (κ1) is 19.4. The van der Waals surface area contributed by atoms with Gasteiger partial charge in [-0.1, -0.05) is 30.3 Å². The van der Waals surface area contributed by atoms with Crippen LogP contribution in [-0.4, -0.2) is 49.1 Å². The van der Waals surface area contributed by atoms with E-state index in [0.717, 1.165) is 49.3 Å². The minimum absolute atomic E-state index is 0.125. The lowest BCUT2D eigenvalue weighted by Gasteiger charge is -2.35. The smallest absolute Gasteiger partial charge is 0.237 e. The zero-order valence-electron chi connectivity index (χ0n) is 17.7. The standard InChI is InChI=1S/C25H30N2O3/c1-26(22-9-4-7-18-6-2-3-8-20(18)22)17-25(28)27-13-5-10-21(27)19-11-12-23-24(16-19)30-15-14-29-23/h2-3,6,8,11-12,16,21-22H,4-5,7,9-10,13-15,17H2,1H3/t21-,22+/m1/s1. The number of amides is 1. The maximum absolute atomic E-state index is 13.3. The molecule has 5 heteroatoms. The molecule has 2 atom stereocenters. The van der Waals surface area contributed by atoms with E-state index in [-0.39, 0.29) is 11.9 Å². The number of rotatable bonds is 4. The molecule has 1 aliphatic carbocycles. The van der Waals surface area contributed by atoms with Crippen LogP contribution in [-0.2, 0) is 11.2 Å². The third kappa shape index (κ3) is 3.67. The molecule has 2 heterocycles. The Morgan fingerprint density at radius 1 is 1.07 bits per heavy atom. The number of fused-ring (bicyclic) bond motifs is 2. The van der Waals surface area contributed by atoms with Gasteiger partial charge in [0.05, 0.1) is 12.6 Å². The summed E-state index contributed by atoms with van der Waals surface area (Å²) in [5.74, 6) is 1.82. The Kier molecular flexibility index (Phi) is 5.38. The Morgan fingerprint density at radius 3 is 2.80 bits per heavy atom. The molecule has 2 aliphatic heterocycles. The van der Waals surface area contributed by atoms with Crippen LogP contribution in [0.25, 0.3) is 0 Å². The molecule has 0 bridgehead atoms. The maximum atomic E-state index is 13.3. The number of ether oxygens (including phenoxy) is 2. The van der Waals surface area contributed by atoms with E-state index in [1.165, 1.54) is 17.5 Å². The fraction of sp³-hybridized carbons (Fsp3) is 0.480. The first-order valence-electron chi connectivity index (χ1n) is 11.2. The molecule has 0 spiro atoms. The second-order valence-corrected chi connectivity index (χ2v) is 8.67. The molecule has 1 fully saturated rings. The van der Waals surface area contributed by atoms with Gasteiger partial charge in [0.1, 0.15) is 13.2 Å². The van der Waals surface area contributed by atoms with E-state index in [0.29, 0.717) is 25.8 Å². The van der Waals surface area contributed by atoms with Crippen molar-refractivity contribution in [2.45, 2.75) is 44.2 Å². The van der Waals surface area contributed by atoms with Crippen LogP contribution in [0.15, 0.2) is 42.5 Å². The first-order chi connectivity index (χ1) is 14.7. The topological polar surface area (TPSA) is 42.0 Å². The van der Waals surface area contributed by atoms with Gasteiger partial charge in [-0.2, -0.15) is 0 Å². The normalized spacial score (nSPS) is 22.8. The van der Waals surface area contributed by atoms with Crippen LogP contribution in [0.3, 0.4) is 0 Å². The van der Waals surface area contributed by atoms with E-state index in [2.05, 4.69) is 53.2 Å². The second-order valence-electron chi connectivity index (χ2n) is 8.67. The van der Waals surface area contributed by atoms with Crippen LogP contribution in [0.5, 0.6) is 11.5 Å². The van der Waals surface area contributed by atoms with Crippen LogP contribution in [0, 0.1) is 0 Å². The van der Waals surface area contributed by atoms with Crippen molar-refractivity contribution in [1.82, 2.24) is 9.80 Å². The maximum Gasteiger partial charge on any atom is 0.237 e. The van der Waals surface area contributed by atoms with Gasteiger partial charge in [0.2, 0.25) is 5.91 Å². The van der Waals surface area contributed by atoms with Crippen molar-refractivity contribution in [1.29, 1.82) is 0 Å². The molecule has 1 saturated heterocycles. The molecule has 158 valence electrons. The Hall–Kier alpha value is -2.53. The van der Waals surface area contributed by atoms with Crippen molar-refractivity contribution >= 4 is 5.91 Å². The molecule has 5 rings (SSSR count). The summed E-state index contributed by atoms with van der Waals surface area (Å²) < 4.78 is 11.4. The van der Waals surface area contributed by atoms with Gasteiger partial charge >= 0.3 is 0 Å². The average molecular weight is 407 g/mol. The molecule has 0 unspecified atom stereocenters. The first-order valence-corrected chi connectivity index (χ1v) is 11.2. The molecule has 0 aromatic heterocycles. The van der Waals surface area contributed by atoms with Crippen LogP contribution >= 0.6 is 0 Å². The van der Waals surface area contributed by atoms with Crippen LogP contribution in [0.4, 0.5) is 0 Å². The molecule has 2 aromatic carbocycles. The highest BCUT2D eigenvalue weighted by molar-refractivity contribution is 5.79. The summed E-state index contributed by atoms with van der Waals surface area (Å²) in [6.07, 6.45) is 5.49. The van der Waals surface area contributed by atoms with Gasteiger partial charge in [-0.3, -0.25) is 9.69 Å². The summed E-state index contributed by atoms with van der Waals surface area (Å²) in [6.45, 7) is 2.46. The molecular formula is C25H30N2O3. The number of hydrogen-bond acceptors (Lipinski definition) is 4. The summed E-state index contributed by atoms with van der Waals surface area (Å²) in [4.78, 5) is 17.6. The van der Waals surface area contributed by atoms with Gasteiger partial charge in [-0.25, -0.2) is 0 Å². The van der Waals surface area contributed by atoms with Crippen LogP contribution < -0.4 is 9.47 Å². The fourth-order valence-electron chi connectivity index (χ4n) is 5.28. The van der Waals surface area contributed by atoms with E-state index in [4.69, 9.17) is 9.47 Å². The van der Waals surface area contributed by atoms with Crippen LogP contribution in [0.2, 0.25) is 0 Å². The third-order valence-electron chi connectivity index (χ3n) is 6.78. The average Bonchev–Trinajstić information content (AvgIpc) is 3.28. The lowest BCUT2D eigenvalue weighted by atomic mass is 9.87. The van der Waals surface area contributed by atoms with E-state index < -0.39 is 0 Å². The number of nitrogens with zero attached hydrogens (tertiary/aromatic N) is 2. The number of benzene rings is 2. The predicted octanol–water partition coefficient (Wildman–Crippen LogP) is 4.13. The van der Waals surface area contributed by atoms with Crippen molar-refractivity contribution in [2.75, 3.05) is 33.4 Å². The molecule has 0 radical (unpaired) electrons. The number of carbonyl (C=O) groups is 1. The highest BCUT2D eigenvalue weighted by Crippen LogP contribution is 2.39. The van der Waals surface area contributed by atoms with Gasteiger partial charge in [-0.15, -0.1) is 0 Å².